The van der Waals surface area contributed by atoms with Crippen molar-refractivity contribution < 1.29 is 10.2 Å². The second-order valence-corrected chi connectivity index (χ2v) is 2.49. The van der Waals surface area contributed by atoms with Crippen LogP contribution in [0.15, 0.2) is 36.3 Å². The number of rotatable bonds is 5. The van der Waals surface area contributed by atoms with E-state index in [0.29, 0.717) is 0 Å². The molecule has 0 aromatic carbocycles. The Kier molecular flexibility index (Phi) is 10.8. The van der Waals surface area contributed by atoms with Crippen molar-refractivity contribution in [3.63, 3.8) is 0 Å². The molecule has 0 amide bonds. The zero-order valence-electron chi connectivity index (χ0n) is 9.30. The largest absolute Gasteiger partial charge is 0.505 e. The van der Waals surface area contributed by atoms with Crippen LogP contribution in [0, 0.1) is 0 Å². The minimum absolute atomic E-state index is 0.226. The lowest BCUT2D eigenvalue weighted by Crippen LogP contribution is -2.07. The van der Waals surface area contributed by atoms with Gasteiger partial charge in [0.05, 0.1) is 0 Å². The Bertz CT molecular complexity index is 207. The number of nitrogens with one attached hydrogen (secondary N) is 1. The first kappa shape index (κ1) is 15.3. The molecule has 0 radical (unpaired) electrons. The fraction of sp³-hybridized carbons (Fsp3) is 0.455. The van der Waals surface area contributed by atoms with Crippen molar-refractivity contribution in [3.8, 4) is 0 Å². The Balaban J connectivity index is 0. The predicted molar refractivity (Wildman–Crippen MR) is 61.5 cm³/mol. The molecule has 82 valence electrons. The van der Waals surface area contributed by atoms with Crippen molar-refractivity contribution in [2.75, 3.05) is 13.6 Å². The summed E-state index contributed by atoms with van der Waals surface area (Å²) in [7, 11) is 1.84. The van der Waals surface area contributed by atoms with Gasteiger partial charge in [0.25, 0.3) is 0 Å². The number of hydrogen-bond donors (Lipinski definition) is 3. The van der Waals surface area contributed by atoms with Gasteiger partial charge in [0.1, 0.15) is 5.76 Å². The molecule has 14 heavy (non-hydrogen) atoms. The molecule has 0 aliphatic rings. The highest BCUT2D eigenvalue weighted by atomic mass is 16.3. The summed E-state index contributed by atoms with van der Waals surface area (Å²) in [5.41, 5.74) is 0.747. The summed E-state index contributed by atoms with van der Waals surface area (Å²) in [4.78, 5) is 0. The molecule has 3 N–H and O–H groups in total. The third-order valence-electron chi connectivity index (χ3n) is 1.33. The maximum absolute atomic E-state index is 9.03. The molecule has 0 saturated heterocycles. The molecular formula is C11H21NO2. The third kappa shape index (κ3) is 8.87. The SMILES string of the molecule is C=C(/C=C(/O)C(=C)O)CCNC.CC. The second-order valence-electron chi connectivity index (χ2n) is 2.49. The topological polar surface area (TPSA) is 52.5 Å². The zero-order valence-corrected chi connectivity index (χ0v) is 9.30. The van der Waals surface area contributed by atoms with Gasteiger partial charge in [0.2, 0.25) is 0 Å². The minimum atomic E-state index is -0.333. The molecule has 3 nitrogen and oxygen atoms in total. The van der Waals surface area contributed by atoms with Crippen LogP contribution in [-0.2, 0) is 0 Å². The molecule has 0 fully saturated rings. The van der Waals surface area contributed by atoms with Crippen molar-refractivity contribution in [1.29, 1.82) is 0 Å². The highest BCUT2D eigenvalue weighted by molar-refractivity contribution is 5.25. The first-order chi connectivity index (χ1) is 6.57. The molecule has 0 aromatic heterocycles. The van der Waals surface area contributed by atoms with Crippen LogP contribution < -0.4 is 5.32 Å². The number of aliphatic hydroxyl groups excluding tert-OH is 2. The Labute approximate surface area is 86.5 Å². The molecule has 3 heteroatoms. The maximum Gasteiger partial charge on any atom is 0.157 e. The summed E-state index contributed by atoms with van der Waals surface area (Å²) in [6.45, 7) is 11.6. The molecule has 0 aromatic rings. The molecule has 0 bridgehead atoms. The van der Waals surface area contributed by atoms with Crippen molar-refractivity contribution in [1.82, 2.24) is 5.32 Å². The molecule has 0 atom stereocenters. The lowest BCUT2D eigenvalue weighted by atomic mass is 10.2. The van der Waals surface area contributed by atoms with Gasteiger partial charge < -0.3 is 15.5 Å². The van der Waals surface area contributed by atoms with E-state index in [1.807, 2.05) is 20.9 Å². The molecule has 0 aliphatic carbocycles. The van der Waals surface area contributed by atoms with Gasteiger partial charge >= 0.3 is 0 Å². The van der Waals surface area contributed by atoms with E-state index in [1.54, 1.807) is 0 Å². The zero-order chi connectivity index (χ0) is 11.6. The summed E-state index contributed by atoms with van der Waals surface area (Å²) in [6.07, 6.45) is 2.13. The fourth-order valence-corrected chi connectivity index (χ4v) is 0.634. The fourth-order valence-electron chi connectivity index (χ4n) is 0.634. The van der Waals surface area contributed by atoms with Gasteiger partial charge in [-0.2, -0.15) is 0 Å². The van der Waals surface area contributed by atoms with Crippen LogP contribution in [0.2, 0.25) is 0 Å². The van der Waals surface area contributed by atoms with Crippen molar-refractivity contribution in [3.05, 3.63) is 36.3 Å². The summed E-state index contributed by atoms with van der Waals surface area (Å²) in [5, 5.41) is 20.7. The van der Waals surface area contributed by atoms with Gasteiger partial charge in [0.15, 0.2) is 5.76 Å². The van der Waals surface area contributed by atoms with Gasteiger partial charge in [-0.3, -0.25) is 0 Å². The molecule has 0 rings (SSSR count). The van der Waals surface area contributed by atoms with E-state index in [4.69, 9.17) is 10.2 Å². The normalized spacial score (nSPS) is 10.1. The van der Waals surface area contributed by atoms with Crippen LogP contribution in [0.5, 0.6) is 0 Å². The lowest BCUT2D eigenvalue weighted by Gasteiger charge is -2.00. The Morgan fingerprint density at radius 1 is 1.29 bits per heavy atom. The quantitative estimate of drug-likeness (QED) is 0.471. The highest BCUT2D eigenvalue weighted by Crippen LogP contribution is 2.06. The van der Waals surface area contributed by atoms with Crippen LogP contribution in [0.1, 0.15) is 20.3 Å². The van der Waals surface area contributed by atoms with Crippen LogP contribution in [0.3, 0.4) is 0 Å². The van der Waals surface area contributed by atoms with Gasteiger partial charge in [-0.05, 0) is 26.1 Å². The van der Waals surface area contributed by atoms with Crippen LogP contribution in [-0.4, -0.2) is 23.8 Å². The smallest absolute Gasteiger partial charge is 0.157 e. The molecule has 0 spiro atoms. The van der Waals surface area contributed by atoms with Crippen molar-refractivity contribution in [2.24, 2.45) is 0 Å². The average Bonchev–Trinajstić information content (AvgIpc) is 2.17. The average molecular weight is 199 g/mol. The predicted octanol–water partition coefficient (Wildman–Crippen LogP) is 2.69. The molecule has 0 unspecified atom stereocenters. The van der Waals surface area contributed by atoms with Gasteiger partial charge in [-0.15, -0.1) is 0 Å². The highest BCUT2D eigenvalue weighted by Gasteiger charge is 1.97. The van der Waals surface area contributed by atoms with E-state index in [2.05, 4.69) is 18.5 Å². The Hall–Kier alpha value is -1.22. The Morgan fingerprint density at radius 3 is 2.14 bits per heavy atom. The van der Waals surface area contributed by atoms with Crippen molar-refractivity contribution in [2.45, 2.75) is 20.3 Å². The van der Waals surface area contributed by atoms with E-state index in [0.717, 1.165) is 18.5 Å². The van der Waals surface area contributed by atoms with Gasteiger partial charge in [-0.1, -0.05) is 32.6 Å². The van der Waals surface area contributed by atoms with E-state index < -0.39 is 0 Å². The monoisotopic (exact) mass is 199 g/mol. The van der Waals surface area contributed by atoms with E-state index in [1.165, 1.54) is 6.08 Å². The van der Waals surface area contributed by atoms with Crippen molar-refractivity contribution >= 4 is 0 Å². The lowest BCUT2D eigenvalue weighted by molar-refractivity contribution is 0.328. The summed E-state index contributed by atoms with van der Waals surface area (Å²) in [6, 6.07) is 0. The first-order valence-electron chi connectivity index (χ1n) is 4.69. The molecule has 0 saturated carbocycles. The van der Waals surface area contributed by atoms with E-state index in [9.17, 15) is 0 Å². The third-order valence-corrected chi connectivity index (χ3v) is 1.33. The minimum Gasteiger partial charge on any atom is -0.505 e. The van der Waals surface area contributed by atoms with Crippen LogP contribution >= 0.6 is 0 Å². The summed E-state index contributed by atoms with van der Waals surface area (Å²) in [5.74, 6) is -0.559. The summed E-state index contributed by atoms with van der Waals surface area (Å²) >= 11 is 0. The molecular weight excluding hydrogens is 178 g/mol. The number of allylic oxidation sites excluding steroid dienone is 1. The van der Waals surface area contributed by atoms with E-state index >= 15 is 0 Å². The number of hydrogen-bond acceptors (Lipinski definition) is 3. The molecule has 0 aliphatic heterocycles. The van der Waals surface area contributed by atoms with Gasteiger partial charge in [0, 0.05) is 0 Å². The summed E-state index contributed by atoms with van der Waals surface area (Å²) < 4.78 is 0. The standard InChI is InChI=1S/C9H15NO2.C2H6/c1-7(4-5-10-3)6-9(12)8(2)11;1-2/h6,10-12H,1-2,4-5H2,3H3;1-2H3/b9-6+;. The Morgan fingerprint density at radius 2 is 1.79 bits per heavy atom. The van der Waals surface area contributed by atoms with Gasteiger partial charge in [-0.25, -0.2) is 0 Å². The van der Waals surface area contributed by atoms with Crippen LogP contribution in [0.25, 0.3) is 0 Å². The maximum atomic E-state index is 9.03. The molecule has 0 heterocycles. The first-order valence-corrected chi connectivity index (χ1v) is 4.69. The number of aliphatic hydroxyl groups is 2. The van der Waals surface area contributed by atoms with E-state index in [-0.39, 0.29) is 11.5 Å². The van der Waals surface area contributed by atoms with Crippen LogP contribution in [0.4, 0.5) is 0 Å². The second kappa shape index (κ2) is 9.86.